The van der Waals surface area contributed by atoms with E-state index in [0.717, 1.165) is 28.3 Å². The molecule has 0 aliphatic carbocycles. The molecular weight excluding hydrogens is 581 g/mol. The number of hydrogen-bond acceptors (Lipinski definition) is 4. The van der Waals surface area contributed by atoms with Gasteiger partial charge in [0.2, 0.25) is 11.8 Å². The first kappa shape index (κ1) is 32.4. The summed E-state index contributed by atoms with van der Waals surface area (Å²) in [7, 11) is -4.15. The lowest BCUT2D eigenvalue weighted by molar-refractivity contribution is -0.139. The molecular formula is C31H37Cl2N3O4S. The van der Waals surface area contributed by atoms with Crippen LogP contribution in [-0.4, -0.2) is 44.3 Å². The summed E-state index contributed by atoms with van der Waals surface area (Å²) in [6, 6.07) is 17.7. The van der Waals surface area contributed by atoms with Gasteiger partial charge in [0.25, 0.3) is 10.0 Å². The number of carbonyl (C=O) groups is 2. The maximum atomic E-state index is 14.1. The second-order valence-corrected chi connectivity index (χ2v) is 12.5. The number of carbonyl (C=O) groups excluding carboxylic acids is 2. The third-order valence-electron chi connectivity index (χ3n) is 6.92. The molecule has 0 aromatic heterocycles. The highest BCUT2D eigenvalue weighted by Crippen LogP contribution is 2.30. The molecule has 10 heteroatoms. The van der Waals surface area contributed by atoms with Gasteiger partial charge < -0.3 is 10.2 Å². The number of benzene rings is 3. The molecule has 1 atom stereocenters. The average Bonchev–Trinajstić information content (AvgIpc) is 2.95. The van der Waals surface area contributed by atoms with Gasteiger partial charge in [-0.05, 0) is 62.6 Å². The smallest absolute Gasteiger partial charge is 0.264 e. The number of nitrogens with zero attached hydrogens (tertiary/aromatic N) is 2. The van der Waals surface area contributed by atoms with E-state index in [1.807, 2.05) is 32.9 Å². The van der Waals surface area contributed by atoms with Crippen molar-refractivity contribution in [3.05, 3.63) is 93.5 Å². The lowest BCUT2D eigenvalue weighted by Gasteiger charge is -2.33. The van der Waals surface area contributed by atoms with Crippen molar-refractivity contribution in [3.63, 3.8) is 0 Å². The van der Waals surface area contributed by atoms with Gasteiger partial charge in [-0.15, -0.1) is 0 Å². The number of amides is 2. The Balaban J connectivity index is 2.08. The molecule has 3 aromatic rings. The minimum atomic E-state index is -4.15. The fourth-order valence-electron chi connectivity index (χ4n) is 4.38. The highest BCUT2D eigenvalue weighted by molar-refractivity contribution is 7.92. The van der Waals surface area contributed by atoms with Gasteiger partial charge in [0.15, 0.2) is 0 Å². The van der Waals surface area contributed by atoms with E-state index in [9.17, 15) is 18.0 Å². The molecule has 0 heterocycles. The Labute approximate surface area is 253 Å². The van der Waals surface area contributed by atoms with Gasteiger partial charge in [0.05, 0.1) is 10.6 Å². The van der Waals surface area contributed by atoms with Crippen LogP contribution in [0.4, 0.5) is 5.69 Å². The molecule has 7 nitrogen and oxygen atoms in total. The summed E-state index contributed by atoms with van der Waals surface area (Å²) >= 11 is 12.9. The standard InChI is InChI=1S/C31H37Cl2N3O4S/c1-5-7-19-34-31(38)23(4)35(20-26-27(32)12-10-13-28(26)33)30(37)21-36(29-14-9-8-11-24(29)6-2)41(39,40)25-17-15-22(3)16-18-25/h8-18,23H,5-7,19-21H2,1-4H3,(H,34,38). The molecule has 3 aromatic carbocycles. The van der Waals surface area contributed by atoms with Gasteiger partial charge in [-0.1, -0.05) is 85.4 Å². The number of hydrogen-bond donors (Lipinski definition) is 1. The zero-order valence-electron chi connectivity index (χ0n) is 23.9. The predicted molar refractivity (Wildman–Crippen MR) is 166 cm³/mol. The van der Waals surface area contributed by atoms with Crippen molar-refractivity contribution in [3.8, 4) is 0 Å². The SMILES string of the molecule is CCCCNC(=O)C(C)N(Cc1c(Cl)cccc1Cl)C(=O)CN(c1ccccc1CC)S(=O)(=O)c1ccc(C)cc1. The molecule has 1 N–H and O–H groups in total. The number of anilines is 1. The number of aryl methyl sites for hydroxylation is 2. The first-order valence-corrected chi connectivity index (χ1v) is 15.9. The molecule has 0 aliphatic heterocycles. The van der Waals surface area contributed by atoms with Gasteiger partial charge in [-0.25, -0.2) is 8.42 Å². The lowest BCUT2D eigenvalue weighted by Crippen LogP contribution is -2.51. The summed E-state index contributed by atoms with van der Waals surface area (Å²) in [5.74, 6) is -0.919. The summed E-state index contributed by atoms with van der Waals surface area (Å²) in [5, 5.41) is 3.55. The summed E-state index contributed by atoms with van der Waals surface area (Å²) in [4.78, 5) is 28.6. The highest BCUT2D eigenvalue weighted by atomic mass is 35.5. The summed E-state index contributed by atoms with van der Waals surface area (Å²) in [5.41, 5.74) is 2.55. The van der Waals surface area contributed by atoms with Gasteiger partial charge in [0.1, 0.15) is 12.6 Å². The van der Waals surface area contributed by atoms with E-state index in [1.54, 1.807) is 49.4 Å². The van der Waals surface area contributed by atoms with Crippen LogP contribution in [0.15, 0.2) is 71.6 Å². The Morgan fingerprint density at radius 1 is 0.927 bits per heavy atom. The van der Waals surface area contributed by atoms with Crippen LogP contribution in [0.1, 0.15) is 50.3 Å². The van der Waals surface area contributed by atoms with Crippen molar-refractivity contribution < 1.29 is 18.0 Å². The van der Waals surface area contributed by atoms with Crippen molar-refractivity contribution in [2.24, 2.45) is 0 Å². The van der Waals surface area contributed by atoms with Gasteiger partial charge in [0, 0.05) is 28.7 Å². The molecule has 3 rings (SSSR count). The molecule has 41 heavy (non-hydrogen) atoms. The Hall–Kier alpha value is -3.07. The zero-order valence-corrected chi connectivity index (χ0v) is 26.2. The zero-order chi connectivity index (χ0) is 30.2. The van der Waals surface area contributed by atoms with E-state index in [1.165, 1.54) is 17.0 Å². The van der Waals surface area contributed by atoms with Crippen LogP contribution < -0.4 is 9.62 Å². The van der Waals surface area contributed by atoms with Gasteiger partial charge in [-0.3, -0.25) is 13.9 Å². The predicted octanol–water partition coefficient (Wildman–Crippen LogP) is 6.39. The number of para-hydroxylation sites is 1. The normalized spacial score (nSPS) is 12.0. The molecule has 0 fully saturated rings. The fraction of sp³-hybridized carbons (Fsp3) is 0.355. The summed E-state index contributed by atoms with van der Waals surface area (Å²) in [6.45, 7) is 7.28. The minimum Gasteiger partial charge on any atom is -0.354 e. The highest BCUT2D eigenvalue weighted by Gasteiger charge is 2.33. The molecule has 0 radical (unpaired) electrons. The van der Waals surface area contributed by atoms with Crippen LogP contribution in [0.3, 0.4) is 0 Å². The van der Waals surface area contributed by atoms with Crippen LogP contribution in [0, 0.1) is 6.92 Å². The Morgan fingerprint density at radius 2 is 1.56 bits per heavy atom. The van der Waals surface area contributed by atoms with E-state index in [-0.39, 0.29) is 17.3 Å². The van der Waals surface area contributed by atoms with E-state index < -0.39 is 28.5 Å². The molecule has 0 spiro atoms. The largest absolute Gasteiger partial charge is 0.354 e. The van der Waals surface area contributed by atoms with Crippen molar-refractivity contribution in [2.75, 3.05) is 17.4 Å². The first-order valence-electron chi connectivity index (χ1n) is 13.7. The maximum Gasteiger partial charge on any atom is 0.264 e. The number of nitrogens with one attached hydrogen (secondary N) is 1. The van der Waals surface area contributed by atoms with E-state index in [0.29, 0.717) is 34.3 Å². The number of rotatable bonds is 13. The number of sulfonamides is 1. The average molecular weight is 619 g/mol. The quantitative estimate of drug-likeness (QED) is 0.225. The lowest BCUT2D eigenvalue weighted by atomic mass is 10.1. The molecule has 2 amide bonds. The molecule has 0 aliphatic rings. The third-order valence-corrected chi connectivity index (χ3v) is 9.40. The van der Waals surface area contributed by atoms with Crippen LogP contribution in [0.2, 0.25) is 10.0 Å². The Bertz CT molecular complexity index is 1440. The number of halogens is 2. The topological polar surface area (TPSA) is 86.8 Å². The third kappa shape index (κ3) is 8.03. The Morgan fingerprint density at radius 3 is 2.17 bits per heavy atom. The molecule has 0 saturated heterocycles. The number of unbranched alkanes of at least 4 members (excludes halogenated alkanes) is 1. The van der Waals surface area contributed by atoms with Crippen LogP contribution >= 0.6 is 23.2 Å². The molecule has 0 saturated carbocycles. The molecule has 0 bridgehead atoms. The van der Waals surface area contributed by atoms with Gasteiger partial charge >= 0.3 is 0 Å². The van der Waals surface area contributed by atoms with E-state index in [2.05, 4.69) is 5.32 Å². The van der Waals surface area contributed by atoms with Crippen molar-refractivity contribution in [1.29, 1.82) is 0 Å². The monoisotopic (exact) mass is 617 g/mol. The molecule has 220 valence electrons. The fourth-order valence-corrected chi connectivity index (χ4v) is 6.35. The van der Waals surface area contributed by atoms with Crippen molar-refractivity contribution >= 4 is 50.7 Å². The van der Waals surface area contributed by atoms with Crippen molar-refractivity contribution in [1.82, 2.24) is 10.2 Å². The second-order valence-electron chi connectivity index (χ2n) is 9.85. The minimum absolute atomic E-state index is 0.0628. The summed E-state index contributed by atoms with van der Waals surface area (Å²) < 4.78 is 29.2. The van der Waals surface area contributed by atoms with Gasteiger partial charge in [-0.2, -0.15) is 0 Å². The maximum absolute atomic E-state index is 14.1. The summed E-state index contributed by atoms with van der Waals surface area (Å²) in [6.07, 6.45) is 2.24. The Kier molecular flexibility index (Phi) is 11.6. The second kappa shape index (κ2) is 14.7. The van der Waals surface area contributed by atoms with E-state index in [4.69, 9.17) is 23.2 Å². The van der Waals surface area contributed by atoms with Crippen LogP contribution in [0.5, 0.6) is 0 Å². The van der Waals surface area contributed by atoms with Crippen molar-refractivity contribution in [2.45, 2.75) is 64.4 Å². The molecule has 1 unspecified atom stereocenters. The van der Waals surface area contributed by atoms with Crippen LogP contribution in [0.25, 0.3) is 0 Å². The van der Waals surface area contributed by atoms with Crippen LogP contribution in [-0.2, 0) is 32.6 Å². The first-order chi connectivity index (χ1) is 19.5. The van der Waals surface area contributed by atoms with E-state index >= 15 is 0 Å².